The van der Waals surface area contributed by atoms with Gasteiger partial charge in [-0.3, -0.25) is 14.2 Å². The molecule has 3 aromatic rings. The van der Waals surface area contributed by atoms with E-state index in [1.807, 2.05) is 0 Å². The largest absolute Gasteiger partial charge is 0.465 e. The van der Waals surface area contributed by atoms with E-state index in [-0.39, 0.29) is 17.7 Å². The molecule has 1 aromatic carbocycles. The summed E-state index contributed by atoms with van der Waals surface area (Å²) >= 11 is 1.35. The number of aromatic nitrogens is 1. The maximum Gasteiger partial charge on any atom is 0.420 e. The number of carbonyl (C=O) groups is 3. The van der Waals surface area contributed by atoms with Crippen LogP contribution in [0, 0.1) is 0 Å². The fourth-order valence-corrected chi connectivity index (χ4v) is 5.00. The van der Waals surface area contributed by atoms with Gasteiger partial charge in [0.1, 0.15) is 11.5 Å². The molecule has 0 saturated heterocycles. The minimum Gasteiger partial charge on any atom is -0.465 e. The predicted octanol–water partition coefficient (Wildman–Crippen LogP) is 2.06. The molecule has 9 nitrogen and oxygen atoms in total. The first-order valence-electron chi connectivity index (χ1n) is 9.35. The fourth-order valence-electron chi connectivity index (χ4n) is 3.69. The maximum absolute atomic E-state index is 12.7. The lowest BCUT2D eigenvalue weighted by Gasteiger charge is -2.11. The van der Waals surface area contributed by atoms with Gasteiger partial charge in [-0.2, -0.15) is 0 Å². The molecule has 10 heteroatoms. The molecule has 30 heavy (non-hydrogen) atoms. The number of oxazole rings is 1. The van der Waals surface area contributed by atoms with Crippen molar-refractivity contribution in [3.05, 3.63) is 50.3 Å². The van der Waals surface area contributed by atoms with Gasteiger partial charge >= 0.3 is 11.7 Å². The van der Waals surface area contributed by atoms with Crippen LogP contribution in [0.5, 0.6) is 0 Å². The normalized spacial score (nSPS) is 13.1. The summed E-state index contributed by atoms with van der Waals surface area (Å²) in [7, 11) is 1.25. The van der Waals surface area contributed by atoms with E-state index in [1.54, 1.807) is 0 Å². The number of benzene rings is 1. The summed E-state index contributed by atoms with van der Waals surface area (Å²) in [6.07, 6.45) is 3.61. The van der Waals surface area contributed by atoms with Gasteiger partial charge in [-0.15, -0.1) is 11.3 Å². The van der Waals surface area contributed by atoms with Crippen molar-refractivity contribution in [3.63, 3.8) is 0 Å². The van der Waals surface area contributed by atoms with E-state index >= 15 is 0 Å². The predicted molar refractivity (Wildman–Crippen MR) is 110 cm³/mol. The molecule has 0 saturated carbocycles. The van der Waals surface area contributed by atoms with E-state index in [0.717, 1.165) is 40.7 Å². The third-order valence-corrected chi connectivity index (χ3v) is 6.27. The molecule has 0 fully saturated rings. The fraction of sp³-hybridized carbons (Fsp3) is 0.300. The van der Waals surface area contributed by atoms with Crippen LogP contribution in [0.25, 0.3) is 11.1 Å². The summed E-state index contributed by atoms with van der Waals surface area (Å²) in [4.78, 5) is 49.6. The number of primary amides is 1. The molecule has 0 spiro atoms. The van der Waals surface area contributed by atoms with Gasteiger partial charge in [0.05, 0.1) is 23.8 Å². The zero-order valence-corrected chi connectivity index (χ0v) is 17.0. The van der Waals surface area contributed by atoms with Crippen LogP contribution < -0.4 is 16.8 Å². The number of esters is 1. The Bertz CT molecular complexity index is 1240. The first-order valence-corrected chi connectivity index (χ1v) is 10.2. The first-order chi connectivity index (χ1) is 14.4. The van der Waals surface area contributed by atoms with Crippen LogP contribution in [-0.2, 0) is 28.9 Å². The Kier molecular flexibility index (Phi) is 5.17. The van der Waals surface area contributed by atoms with Gasteiger partial charge < -0.3 is 20.2 Å². The third kappa shape index (κ3) is 3.50. The van der Waals surface area contributed by atoms with Crippen LogP contribution in [0.1, 0.15) is 44.0 Å². The van der Waals surface area contributed by atoms with Gasteiger partial charge in [-0.25, -0.2) is 9.59 Å². The summed E-state index contributed by atoms with van der Waals surface area (Å²) in [5.74, 6) is -2.36. The van der Waals surface area contributed by atoms with Crippen molar-refractivity contribution in [2.24, 2.45) is 5.73 Å². The van der Waals surface area contributed by atoms with Crippen molar-refractivity contribution in [2.75, 3.05) is 12.4 Å². The number of hydrogen-bond acceptors (Lipinski definition) is 7. The van der Waals surface area contributed by atoms with Crippen molar-refractivity contribution < 1.29 is 23.5 Å². The molecule has 0 atom stereocenters. The summed E-state index contributed by atoms with van der Waals surface area (Å²) in [5, 5.41) is 3.13. The number of rotatable bonds is 5. The van der Waals surface area contributed by atoms with E-state index in [1.165, 1.54) is 36.6 Å². The SMILES string of the molecule is COC(=O)c1ccc2c(c1)oc(=O)n2CC(=O)Nc1sc2c(c1C(N)=O)CCCC2. The second-order valence-corrected chi connectivity index (χ2v) is 8.06. The van der Waals surface area contributed by atoms with E-state index in [0.29, 0.717) is 16.1 Å². The molecule has 4 rings (SSSR count). The number of nitrogens with one attached hydrogen (secondary N) is 1. The smallest absolute Gasteiger partial charge is 0.420 e. The van der Waals surface area contributed by atoms with Crippen molar-refractivity contribution in [1.29, 1.82) is 0 Å². The molecule has 1 aliphatic rings. The maximum atomic E-state index is 12.7. The highest BCUT2D eigenvalue weighted by molar-refractivity contribution is 7.17. The molecule has 0 aliphatic heterocycles. The number of carbonyl (C=O) groups excluding carboxylic acids is 3. The highest BCUT2D eigenvalue weighted by atomic mass is 32.1. The molecule has 0 radical (unpaired) electrons. The second kappa shape index (κ2) is 7.79. The summed E-state index contributed by atoms with van der Waals surface area (Å²) in [6, 6.07) is 4.38. The first kappa shape index (κ1) is 19.9. The van der Waals surface area contributed by atoms with Gasteiger partial charge in [-0.05, 0) is 49.4 Å². The van der Waals surface area contributed by atoms with Gasteiger partial charge in [0.2, 0.25) is 5.91 Å². The minimum atomic E-state index is -0.734. The molecule has 2 aromatic heterocycles. The van der Waals surface area contributed by atoms with Crippen molar-refractivity contribution in [2.45, 2.75) is 32.2 Å². The Morgan fingerprint density at radius 2 is 2.03 bits per heavy atom. The standard InChI is InChI=1S/C20H19N3O6S/c1-28-19(26)10-6-7-12-13(8-10)29-20(27)23(12)9-15(24)22-18-16(17(21)25)11-4-2-3-5-14(11)30-18/h6-8H,2-5,9H2,1H3,(H2,21,25)(H,22,24). The Morgan fingerprint density at radius 3 is 2.77 bits per heavy atom. The van der Waals surface area contributed by atoms with Gasteiger partial charge in [0.15, 0.2) is 5.58 Å². The van der Waals surface area contributed by atoms with Crippen LogP contribution in [-0.4, -0.2) is 29.5 Å². The summed E-state index contributed by atoms with van der Waals surface area (Å²) < 4.78 is 11.0. The lowest BCUT2D eigenvalue weighted by molar-refractivity contribution is -0.116. The molecule has 2 amide bonds. The number of thiophene rings is 1. The monoisotopic (exact) mass is 429 g/mol. The van der Waals surface area contributed by atoms with Crippen molar-refractivity contribution in [3.8, 4) is 0 Å². The Balaban J connectivity index is 1.61. The number of aryl methyl sites for hydroxylation is 1. The van der Waals surface area contributed by atoms with E-state index in [2.05, 4.69) is 10.1 Å². The molecule has 2 heterocycles. The summed E-state index contributed by atoms with van der Waals surface area (Å²) in [5.41, 5.74) is 7.58. The van der Waals surface area contributed by atoms with E-state index in [9.17, 15) is 19.2 Å². The van der Waals surface area contributed by atoms with Crippen LogP contribution >= 0.6 is 11.3 Å². The number of anilines is 1. The second-order valence-electron chi connectivity index (χ2n) is 6.96. The molecule has 1 aliphatic carbocycles. The molecule has 156 valence electrons. The number of amides is 2. The zero-order valence-electron chi connectivity index (χ0n) is 16.1. The minimum absolute atomic E-state index is 0.167. The lowest BCUT2D eigenvalue weighted by atomic mass is 9.95. The van der Waals surface area contributed by atoms with Crippen molar-refractivity contribution in [1.82, 2.24) is 4.57 Å². The lowest BCUT2D eigenvalue weighted by Crippen LogP contribution is -2.25. The zero-order chi connectivity index (χ0) is 21.4. The number of nitrogens with two attached hydrogens (primary N) is 1. The molecule has 0 unspecified atom stereocenters. The van der Waals surface area contributed by atoms with E-state index < -0.39 is 23.5 Å². The average molecular weight is 429 g/mol. The number of hydrogen-bond donors (Lipinski definition) is 2. The number of ether oxygens (including phenoxy) is 1. The number of nitrogens with zero attached hydrogens (tertiary/aromatic N) is 1. The van der Waals surface area contributed by atoms with Crippen LogP contribution in [0.4, 0.5) is 5.00 Å². The Labute approximate surface area is 174 Å². The average Bonchev–Trinajstić information content (AvgIpc) is 3.23. The Morgan fingerprint density at radius 1 is 1.27 bits per heavy atom. The molecule has 0 bridgehead atoms. The quantitative estimate of drug-likeness (QED) is 0.596. The highest BCUT2D eigenvalue weighted by Gasteiger charge is 2.25. The van der Waals surface area contributed by atoms with Crippen LogP contribution in [0.3, 0.4) is 0 Å². The molecular weight excluding hydrogens is 410 g/mol. The van der Waals surface area contributed by atoms with Gasteiger partial charge in [0, 0.05) is 4.88 Å². The number of methoxy groups -OCH3 is 1. The van der Waals surface area contributed by atoms with Crippen LogP contribution in [0.2, 0.25) is 0 Å². The number of fused-ring (bicyclic) bond motifs is 2. The third-order valence-electron chi connectivity index (χ3n) is 5.06. The topological polar surface area (TPSA) is 134 Å². The summed E-state index contributed by atoms with van der Waals surface area (Å²) in [6.45, 7) is -0.315. The van der Waals surface area contributed by atoms with Gasteiger partial charge in [-0.1, -0.05) is 0 Å². The Hall–Kier alpha value is -3.40. The van der Waals surface area contributed by atoms with Crippen LogP contribution in [0.15, 0.2) is 27.4 Å². The van der Waals surface area contributed by atoms with E-state index in [4.69, 9.17) is 10.2 Å². The highest BCUT2D eigenvalue weighted by Crippen LogP contribution is 2.37. The van der Waals surface area contributed by atoms with Crippen molar-refractivity contribution >= 4 is 45.2 Å². The van der Waals surface area contributed by atoms with Gasteiger partial charge in [0.25, 0.3) is 5.91 Å². The molecule has 3 N–H and O–H groups in total. The molecular formula is C20H19N3O6S.